The van der Waals surface area contributed by atoms with Crippen molar-refractivity contribution in [3.63, 3.8) is 0 Å². The molecule has 0 aromatic heterocycles. The van der Waals surface area contributed by atoms with Crippen LogP contribution in [0.4, 0.5) is 5.69 Å². The van der Waals surface area contributed by atoms with Crippen LogP contribution in [0.5, 0.6) is 5.75 Å². The fraction of sp³-hybridized carbons (Fsp3) is 0.333. The minimum atomic E-state index is -3.31. The molecular formula is C21H23NO7S. The quantitative estimate of drug-likeness (QED) is 0.637. The van der Waals surface area contributed by atoms with E-state index in [1.165, 1.54) is 24.3 Å². The van der Waals surface area contributed by atoms with Crippen LogP contribution in [0.2, 0.25) is 0 Å². The Morgan fingerprint density at radius 2 is 1.80 bits per heavy atom. The van der Waals surface area contributed by atoms with Crippen LogP contribution in [0.15, 0.2) is 53.4 Å². The minimum absolute atomic E-state index is 0.107. The zero-order chi connectivity index (χ0) is 21.6. The van der Waals surface area contributed by atoms with Gasteiger partial charge in [0.15, 0.2) is 16.4 Å². The largest absolute Gasteiger partial charge is 0.491 e. The molecule has 2 aromatic carbocycles. The Morgan fingerprint density at radius 1 is 1.10 bits per heavy atom. The van der Waals surface area contributed by atoms with E-state index in [1.807, 2.05) is 0 Å². The van der Waals surface area contributed by atoms with Crippen LogP contribution in [-0.2, 0) is 24.1 Å². The van der Waals surface area contributed by atoms with Gasteiger partial charge in [0.25, 0.3) is 5.91 Å². The molecule has 30 heavy (non-hydrogen) atoms. The number of amides is 1. The average molecular weight is 433 g/mol. The second kappa shape index (κ2) is 9.73. The van der Waals surface area contributed by atoms with Gasteiger partial charge in [-0.05, 0) is 61.4 Å². The van der Waals surface area contributed by atoms with Gasteiger partial charge in [-0.15, -0.1) is 0 Å². The smallest absolute Gasteiger partial charge is 0.338 e. The molecule has 160 valence electrons. The molecule has 0 bridgehead atoms. The summed E-state index contributed by atoms with van der Waals surface area (Å²) in [5, 5.41) is 2.54. The monoisotopic (exact) mass is 433 g/mol. The summed E-state index contributed by atoms with van der Waals surface area (Å²) in [7, 11) is -3.31. The van der Waals surface area contributed by atoms with Crippen molar-refractivity contribution in [3.05, 3.63) is 54.1 Å². The third-order valence-corrected chi connectivity index (χ3v) is 5.58. The predicted molar refractivity (Wildman–Crippen MR) is 109 cm³/mol. The predicted octanol–water partition coefficient (Wildman–Crippen LogP) is 2.44. The number of nitrogens with one attached hydrogen (secondary N) is 1. The van der Waals surface area contributed by atoms with E-state index in [-0.39, 0.29) is 11.0 Å². The highest BCUT2D eigenvalue weighted by Crippen LogP contribution is 2.17. The summed E-state index contributed by atoms with van der Waals surface area (Å²) in [5.41, 5.74) is 0.695. The number of esters is 1. The first kappa shape index (κ1) is 21.8. The van der Waals surface area contributed by atoms with E-state index in [0.717, 1.165) is 25.7 Å². The van der Waals surface area contributed by atoms with Crippen molar-refractivity contribution < 1.29 is 32.2 Å². The highest BCUT2D eigenvalue weighted by Gasteiger charge is 2.16. The van der Waals surface area contributed by atoms with Gasteiger partial charge < -0.3 is 19.5 Å². The van der Waals surface area contributed by atoms with Gasteiger partial charge in [0.2, 0.25) is 0 Å². The molecule has 1 fully saturated rings. The summed E-state index contributed by atoms with van der Waals surface area (Å²) in [4.78, 5) is 24.2. The lowest BCUT2D eigenvalue weighted by Gasteiger charge is -2.11. The number of sulfone groups is 1. The fourth-order valence-corrected chi connectivity index (χ4v) is 3.48. The van der Waals surface area contributed by atoms with Crippen molar-refractivity contribution in [2.75, 3.05) is 31.4 Å². The molecule has 3 rings (SSSR count). The maximum atomic E-state index is 12.1. The summed E-state index contributed by atoms with van der Waals surface area (Å²) in [5.74, 6) is -0.549. The first-order valence-electron chi connectivity index (χ1n) is 9.43. The summed E-state index contributed by atoms with van der Waals surface area (Å²) in [6, 6.07) is 12.2. The van der Waals surface area contributed by atoms with Crippen LogP contribution in [0.1, 0.15) is 23.2 Å². The molecule has 0 aliphatic carbocycles. The average Bonchev–Trinajstić information content (AvgIpc) is 3.24. The van der Waals surface area contributed by atoms with Crippen molar-refractivity contribution in [1.29, 1.82) is 0 Å². The molecule has 1 heterocycles. The Balaban J connectivity index is 1.44. The lowest BCUT2D eigenvalue weighted by molar-refractivity contribution is -0.119. The maximum absolute atomic E-state index is 12.1. The van der Waals surface area contributed by atoms with E-state index in [9.17, 15) is 18.0 Å². The number of ether oxygens (including phenoxy) is 3. The molecule has 1 aliphatic heterocycles. The lowest BCUT2D eigenvalue weighted by atomic mass is 10.2. The zero-order valence-electron chi connectivity index (χ0n) is 16.5. The second-order valence-electron chi connectivity index (χ2n) is 6.89. The van der Waals surface area contributed by atoms with Crippen molar-refractivity contribution in [3.8, 4) is 5.75 Å². The number of carbonyl (C=O) groups is 2. The second-order valence-corrected chi connectivity index (χ2v) is 8.91. The van der Waals surface area contributed by atoms with Crippen molar-refractivity contribution in [1.82, 2.24) is 0 Å². The van der Waals surface area contributed by atoms with Gasteiger partial charge in [-0.25, -0.2) is 13.2 Å². The fourth-order valence-electron chi connectivity index (χ4n) is 2.85. The molecule has 0 radical (unpaired) electrons. The third kappa shape index (κ3) is 6.30. The molecule has 1 N–H and O–H groups in total. The van der Waals surface area contributed by atoms with Crippen LogP contribution in [0.25, 0.3) is 0 Å². The molecule has 8 nitrogen and oxygen atoms in total. The van der Waals surface area contributed by atoms with Gasteiger partial charge in [0.1, 0.15) is 12.4 Å². The van der Waals surface area contributed by atoms with E-state index < -0.39 is 28.3 Å². The van der Waals surface area contributed by atoms with Crippen LogP contribution in [0.3, 0.4) is 0 Å². The summed E-state index contributed by atoms with van der Waals surface area (Å²) in [6.07, 6.45) is 3.23. The molecule has 0 spiro atoms. The number of benzene rings is 2. The highest BCUT2D eigenvalue weighted by molar-refractivity contribution is 7.90. The van der Waals surface area contributed by atoms with E-state index in [1.54, 1.807) is 24.3 Å². The van der Waals surface area contributed by atoms with Crippen molar-refractivity contribution in [2.45, 2.75) is 23.8 Å². The van der Waals surface area contributed by atoms with E-state index >= 15 is 0 Å². The summed E-state index contributed by atoms with van der Waals surface area (Å²) < 4.78 is 39.0. The van der Waals surface area contributed by atoms with Crippen molar-refractivity contribution >= 4 is 27.4 Å². The Kier molecular flexibility index (Phi) is 7.07. The number of rotatable bonds is 8. The Labute approximate surface area is 175 Å². The van der Waals surface area contributed by atoms with Crippen LogP contribution in [0, 0.1) is 0 Å². The van der Waals surface area contributed by atoms with E-state index in [2.05, 4.69) is 5.32 Å². The third-order valence-electron chi connectivity index (χ3n) is 4.45. The van der Waals surface area contributed by atoms with Crippen LogP contribution in [-0.4, -0.2) is 52.5 Å². The molecule has 1 unspecified atom stereocenters. The summed E-state index contributed by atoms with van der Waals surface area (Å²) in [6.45, 7) is 0.761. The van der Waals surface area contributed by atoms with Gasteiger partial charge in [0, 0.05) is 18.6 Å². The van der Waals surface area contributed by atoms with Crippen LogP contribution < -0.4 is 10.1 Å². The minimum Gasteiger partial charge on any atom is -0.491 e. The van der Waals surface area contributed by atoms with Gasteiger partial charge in [-0.2, -0.15) is 0 Å². The van der Waals surface area contributed by atoms with Gasteiger partial charge in [0.05, 0.1) is 16.6 Å². The topological polar surface area (TPSA) is 108 Å². The highest BCUT2D eigenvalue weighted by atomic mass is 32.2. The van der Waals surface area contributed by atoms with Crippen molar-refractivity contribution in [2.24, 2.45) is 0 Å². The number of anilines is 1. The molecule has 1 aliphatic rings. The Hall–Kier alpha value is -2.91. The maximum Gasteiger partial charge on any atom is 0.338 e. The molecule has 9 heteroatoms. The molecular weight excluding hydrogens is 410 g/mol. The molecule has 1 saturated heterocycles. The molecule has 2 aromatic rings. The molecule has 1 amide bonds. The van der Waals surface area contributed by atoms with E-state index in [4.69, 9.17) is 14.2 Å². The van der Waals surface area contributed by atoms with Gasteiger partial charge in [-0.1, -0.05) is 0 Å². The normalized spacial score (nSPS) is 16.1. The first-order valence-corrected chi connectivity index (χ1v) is 11.3. The van der Waals surface area contributed by atoms with Gasteiger partial charge in [-0.3, -0.25) is 4.79 Å². The number of hydrogen-bond donors (Lipinski definition) is 1. The van der Waals surface area contributed by atoms with Crippen LogP contribution >= 0.6 is 0 Å². The lowest BCUT2D eigenvalue weighted by Crippen LogP contribution is -2.21. The zero-order valence-corrected chi connectivity index (χ0v) is 17.3. The van der Waals surface area contributed by atoms with Gasteiger partial charge >= 0.3 is 5.97 Å². The molecule has 1 atom stereocenters. The molecule has 0 saturated carbocycles. The van der Waals surface area contributed by atoms with E-state index in [0.29, 0.717) is 23.6 Å². The summed E-state index contributed by atoms with van der Waals surface area (Å²) >= 11 is 0. The Morgan fingerprint density at radius 3 is 2.40 bits per heavy atom. The number of carbonyl (C=O) groups excluding carboxylic acids is 2. The SMILES string of the molecule is CS(=O)(=O)c1ccc(NC(=O)COC(=O)c2ccc(OCC3CCCO3)cc2)cc1. The number of hydrogen-bond acceptors (Lipinski definition) is 7. The Bertz CT molecular complexity index is 979. The standard InChI is InChI=1S/C21H23NO7S/c1-30(25,26)19-10-6-16(7-11-19)22-20(23)14-29-21(24)15-4-8-17(9-5-15)28-13-18-3-2-12-27-18/h4-11,18H,2-3,12-14H2,1H3,(H,22,23). The first-order chi connectivity index (χ1) is 14.3.